The summed E-state index contributed by atoms with van der Waals surface area (Å²) in [6.45, 7) is 6.99. The maximum Gasteiger partial charge on any atom is 0.305 e. The Kier molecular flexibility index (Phi) is 9.71. The first-order chi connectivity index (χ1) is 17.0. The number of carboxylic acid groups (broad SMARTS) is 1. The molecule has 0 bridgehead atoms. The van der Waals surface area contributed by atoms with Gasteiger partial charge in [0.25, 0.3) is 5.91 Å². The normalized spacial score (nSPS) is 18.8. The van der Waals surface area contributed by atoms with Gasteiger partial charge in [-0.2, -0.15) is 0 Å². The molecular weight excluding hydrogens is 520 g/mol. The molecule has 0 heterocycles. The lowest BCUT2D eigenvalue weighted by molar-refractivity contribution is -0.136. The fraction of sp³-hybridized carbons (Fsp3) is 0.483. The quantitative estimate of drug-likeness (QED) is 0.337. The molecule has 0 radical (unpaired) electrons. The van der Waals surface area contributed by atoms with Crippen molar-refractivity contribution in [1.82, 2.24) is 5.32 Å². The van der Waals surface area contributed by atoms with Gasteiger partial charge in [0, 0.05) is 28.2 Å². The number of benzene rings is 2. The minimum absolute atomic E-state index is 0.0304. The summed E-state index contributed by atoms with van der Waals surface area (Å²) in [5, 5.41) is 14.5. The Labute approximate surface area is 222 Å². The summed E-state index contributed by atoms with van der Waals surface area (Å²) < 4.78 is 0.916. The van der Waals surface area contributed by atoms with Crippen LogP contribution < -0.4 is 10.6 Å². The van der Waals surface area contributed by atoms with Gasteiger partial charge in [-0.3, -0.25) is 14.4 Å². The highest BCUT2D eigenvalue weighted by molar-refractivity contribution is 9.10. The molecule has 1 unspecified atom stereocenters. The summed E-state index contributed by atoms with van der Waals surface area (Å²) in [4.78, 5) is 36.5. The minimum atomic E-state index is -0.950. The van der Waals surface area contributed by atoms with E-state index in [-0.39, 0.29) is 36.1 Å². The number of amides is 2. The van der Waals surface area contributed by atoms with Gasteiger partial charge in [-0.05, 0) is 85.3 Å². The molecule has 36 heavy (non-hydrogen) atoms. The van der Waals surface area contributed by atoms with Gasteiger partial charge < -0.3 is 15.7 Å². The van der Waals surface area contributed by atoms with Crippen LogP contribution in [0.3, 0.4) is 0 Å². The molecule has 7 heteroatoms. The maximum absolute atomic E-state index is 13.5. The highest BCUT2D eigenvalue weighted by Gasteiger charge is 2.35. The number of rotatable bonds is 9. The van der Waals surface area contributed by atoms with Crippen molar-refractivity contribution in [1.29, 1.82) is 0 Å². The molecule has 1 aliphatic carbocycles. The summed E-state index contributed by atoms with van der Waals surface area (Å²) in [5.74, 6) is -0.416. The monoisotopic (exact) mass is 556 g/mol. The molecule has 1 saturated carbocycles. The highest BCUT2D eigenvalue weighted by Crippen LogP contribution is 2.42. The molecule has 1 fully saturated rings. The van der Waals surface area contributed by atoms with E-state index >= 15 is 0 Å². The van der Waals surface area contributed by atoms with Crippen LogP contribution in [-0.2, 0) is 16.0 Å². The highest BCUT2D eigenvalue weighted by atomic mass is 79.9. The Hall–Kier alpha value is -2.67. The fourth-order valence-corrected chi connectivity index (χ4v) is 5.49. The smallest absolute Gasteiger partial charge is 0.305 e. The largest absolute Gasteiger partial charge is 0.481 e. The third kappa shape index (κ3) is 8.19. The molecule has 2 amide bonds. The predicted octanol–water partition coefficient (Wildman–Crippen LogP) is 6.30. The van der Waals surface area contributed by atoms with E-state index in [0.717, 1.165) is 41.4 Å². The van der Waals surface area contributed by atoms with Crippen molar-refractivity contribution < 1.29 is 19.5 Å². The van der Waals surface area contributed by atoms with Gasteiger partial charge in [0.15, 0.2) is 0 Å². The van der Waals surface area contributed by atoms with E-state index in [9.17, 15) is 14.4 Å². The van der Waals surface area contributed by atoms with Crippen molar-refractivity contribution in [2.24, 2.45) is 23.2 Å². The van der Waals surface area contributed by atoms with Gasteiger partial charge in [-0.25, -0.2) is 0 Å². The summed E-state index contributed by atoms with van der Waals surface area (Å²) >= 11 is 3.47. The number of carboxylic acids is 1. The zero-order valence-corrected chi connectivity index (χ0v) is 22.9. The van der Waals surface area contributed by atoms with Gasteiger partial charge in [-0.1, -0.05) is 54.9 Å². The summed E-state index contributed by atoms with van der Waals surface area (Å²) in [5.41, 5.74) is 2.53. The van der Waals surface area contributed by atoms with E-state index in [1.54, 1.807) is 12.1 Å². The van der Waals surface area contributed by atoms with E-state index < -0.39 is 5.97 Å². The van der Waals surface area contributed by atoms with Crippen LogP contribution in [0.1, 0.15) is 68.8 Å². The number of aliphatic carboxylic acids is 1. The van der Waals surface area contributed by atoms with E-state index in [4.69, 9.17) is 5.11 Å². The Morgan fingerprint density at radius 1 is 1.03 bits per heavy atom. The zero-order chi connectivity index (χ0) is 26.3. The minimum Gasteiger partial charge on any atom is -0.481 e. The number of carbonyl (C=O) groups excluding carboxylic acids is 2. The molecule has 3 rings (SSSR count). The average molecular weight is 558 g/mol. The number of hydrogen-bond acceptors (Lipinski definition) is 3. The van der Waals surface area contributed by atoms with Gasteiger partial charge in [-0.15, -0.1) is 0 Å². The number of halogens is 1. The summed E-state index contributed by atoms with van der Waals surface area (Å²) in [6, 6.07) is 14.9. The van der Waals surface area contributed by atoms with Gasteiger partial charge in [0.1, 0.15) is 0 Å². The van der Waals surface area contributed by atoms with E-state index in [1.807, 2.05) is 36.4 Å². The lowest BCUT2D eigenvalue weighted by atomic mass is 9.66. The molecule has 1 aliphatic rings. The molecule has 194 valence electrons. The first kappa shape index (κ1) is 27.9. The average Bonchev–Trinajstić information content (AvgIpc) is 2.82. The maximum atomic E-state index is 13.5. The molecule has 2 aromatic carbocycles. The van der Waals surface area contributed by atoms with Crippen molar-refractivity contribution in [2.45, 2.75) is 59.3 Å². The molecule has 3 N–H and O–H groups in total. The fourth-order valence-electron chi connectivity index (χ4n) is 5.09. The van der Waals surface area contributed by atoms with Crippen molar-refractivity contribution >= 4 is 39.4 Å². The van der Waals surface area contributed by atoms with Crippen LogP contribution in [0.5, 0.6) is 0 Å². The molecule has 6 nitrogen and oxygen atoms in total. The molecule has 0 aromatic heterocycles. The van der Waals surface area contributed by atoms with Crippen LogP contribution in [0.25, 0.3) is 0 Å². The Balaban J connectivity index is 1.72. The molecule has 0 spiro atoms. The summed E-state index contributed by atoms with van der Waals surface area (Å²) in [7, 11) is 0. The molecule has 1 atom stereocenters. The molecule has 0 saturated heterocycles. The first-order valence-electron chi connectivity index (χ1n) is 12.7. The SMILES string of the molecule is CC(C)(C)C1CCC(C(Cc2ccc(C(=O)NCCC(=O)O)cc2)C(=O)Nc2cccc(Br)c2)CC1. The van der Waals surface area contributed by atoms with E-state index in [2.05, 4.69) is 47.3 Å². The lowest BCUT2D eigenvalue weighted by Gasteiger charge is -2.39. The first-order valence-corrected chi connectivity index (χ1v) is 13.5. The Bertz CT molecular complexity index is 1050. The zero-order valence-electron chi connectivity index (χ0n) is 21.4. The van der Waals surface area contributed by atoms with Crippen LogP contribution in [0.4, 0.5) is 5.69 Å². The van der Waals surface area contributed by atoms with Gasteiger partial charge in [0.05, 0.1) is 6.42 Å². The third-order valence-corrected chi connectivity index (χ3v) is 7.78. The second kappa shape index (κ2) is 12.5. The van der Waals surface area contributed by atoms with Crippen LogP contribution in [-0.4, -0.2) is 29.4 Å². The molecule has 2 aromatic rings. The van der Waals surface area contributed by atoms with Crippen LogP contribution in [0.15, 0.2) is 53.0 Å². The van der Waals surface area contributed by atoms with Crippen LogP contribution in [0, 0.1) is 23.2 Å². The van der Waals surface area contributed by atoms with Crippen molar-refractivity contribution in [3.05, 3.63) is 64.1 Å². The van der Waals surface area contributed by atoms with Gasteiger partial charge >= 0.3 is 5.97 Å². The van der Waals surface area contributed by atoms with Crippen molar-refractivity contribution in [3.63, 3.8) is 0 Å². The van der Waals surface area contributed by atoms with E-state index in [0.29, 0.717) is 23.8 Å². The second-order valence-electron chi connectivity index (χ2n) is 10.9. The van der Waals surface area contributed by atoms with Crippen molar-refractivity contribution in [3.8, 4) is 0 Å². The Morgan fingerprint density at radius 2 is 1.69 bits per heavy atom. The number of anilines is 1. The van der Waals surface area contributed by atoms with Crippen LogP contribution in [0.2, 0.25) is 0 Å². The second-order valence-corrected chi connectivity index (χ2v) is 11.8. The lowest BCUT2D eigenvalue weighted by Crippen LogP contribution is -2.35. The standard InChI is InChI=1S/C29H37BrN2O4/c1-29(2,3)22-13-11-20(12-14-22)25(28(36)32-24-6-4-5-23(30)18-24)17-19-7-9-21(10-8-19)27(35)31-16-15-26(33)34/h4-10,18,20,22,25H,11-17H2,1-3H3,(H,31,35)(H,32,36)(H,33,34). The molecule has 0 aliphatic heterocycles. The third-order valence-electron chi connectivity index (χ3n) is 7.29. The Morgan fingerprint density at radius 3 is 2.28 bits per heavy atom. The number of hydrogen-bond donors (Lipinski definition) is 3. The molecular formula is C29H37BrN2O4. The number of nitrogens with one attached hydrogen (secondary N) is 2. The van der Waals surface area contributed by atoms with Gasteiger partial charge in [0.2, 0.25) is 5.91 Å². The predicted molar refractivity (Wildman–Crippen MR) is 146 cm³/mol. The number of carbonyl (C=O) groups is 3. The van der Waals surface area contributed by atoms with E-state index in [1.165, 1.54) is 0 Å². The topological polar surface area (TPSA) is 95.5 Å². The van der Waals surface area contributed by atoms with Crippen molar-refractivity contribution in [2.75, 3.05) is 11.9 Å². The van der Waals surface area contributed by atoms with Crippen LogP contribution >= 0.6 is 15.9 Å². The summed E-state index contributed by atoms with van der Waals surface area (Å²) in [6.07, 6.45) is 4.81.